The first kappa shape index (κ1) is 15.9. The Morgan fingerprint density at radius 1 is 1.14 bits per heavy atom. The van der Waals surface area contributed by atoms with Gasteiger partial charge in [0.2, 0.25) is 0 Å². The van der Waals surface area contributed by atoms with Gasteiger partial charge < -0.3 is 5.32 Å². The molecule has 21 heavy (non-hydrogen) atoms. The molecule has 0 heterocycles. The lowest BCUT2D eigenvalue weighted by atomic mass is 10.1. The van der Waals surface area contributed by atoms with Crippen molar-refractivity contribution in [2.45, 2.75) is 25.3 Å². The molecule has 0 unspecified atom stereocenters. The van der Waals surface area contributed by atoms with Crippen molar-refractivity contribution in [2.24, 2.45) is 0 Å². The molecule has 2 rings (SSSR count). The van der Waals surface area contributed by atoms with Crippen molar-refractivity contribution in [3.05, 3.63) is 58.1 Å². The molecule has 0 fully saturated rings. The zero-order valence-corrected chi connectivity index (χ0v) is 13.8. The summed E-state index contributed by atoms with van der Waals surface area (Å²) >= 11 is 6.16. The van der Waals surface area contributed by atoms with Crippen LogP contribution in [0.4, 0.5) is 5.69 Å². The Bertz CT molecular complexity index is 770. The second kappa shape index (κ2) is 6.08. The van der Waals surface area contributed by atoms with Crippen LogP contribution in [0, 0.1) is 13.8 Å². The van der Waals surface area contributed by atoms with Crippen LogP contribution in [-0.2, 0) is 16.4 Å². The molecule has 0 saturated heterocycles. The molecule has 2 aromatic rings. The van der Waals surface area contributed by atoms with Crippen LogP contribution >= 0.6 is 11.6 Å². The van der Waals surface area contributed by atoms with Crippen LogP contribution < -0.4 is 5.32 Å². The minimum atomic E-state index is -3.30. The van der Waals surface area contributed by atoms with Crippen molar-refractivity contribution in [3.8, 4) is 0 Å². The molecule has 1 N–H and O–H groups in total. The highest BCUT2D eigenvalue weighted by molar-refractivity contribution is 7.90. The van der Waals surface area contributed by atoms with Crippen LogP contribution in [0.1, 0.15) is 16.7 Å². The molecule has 0 aliphatic heterocycles. The molecule has 2 aromatic carbocycles. The molecule has 0 aliphatic rings. The number of benzene rings is 2. The fourth-order valence-electron chi connectivity index (χ4n) is 2.25. The molecular weight excluding hydrogens is 306 g/mol. The quantitative estimate of drug-likeness (QED) is 0.926. The van der Waals surface area contributed by atoms with Gasteiger partial charge in [-0.3, -0.25) is 0 Å². The molecule has 0 bridgehead atoms. The van der Waals surface area contributed by atoms with Gasteiger partial charge in [-0.15, -0.1) is 0 Å². The number of sulfone groups is 1. The Kier molecular flexibility index (Phi) is 4.59. The highest BCUT2D eigenvalue weighted by atomic mass is 35.5. The van der Waals surface area contributed by atoms with Crippen LogP contribution in [0.3, 0.4) is 0 Å². The lowest BCUT2D eigenvalue weighted by Gasteiger charge is -2.14. The van der Waals surface area contributed by atoms with Crippen molar-refractivity contribution in [3.63, 3.8) is 0 Å². The van der Waals surface area contributed by atoms with Gasteiger partial charge >= 0.3 is 0 Å². The fourth-order valence-corrected chi connectivity index (χ4v) is 3.51. The van der Waals surface area contributed by atoms with Crippen LogP contribution in [0.15, 0.2) is 41.3 Å². The van der Waals surface area contributed by atoms with Gasteiger partial charge in [-0.25, -0.2) is 8.42 Å². The van der Waals surface area contributed by atoms with Crippen molar-refractivity contribution in [1.82, 2.24) is 0 Å². The molecule has 0 atom stereocenters. The van der Waals surface area contributed by atoms with E-state index in [1.807, 2.05) is 26.0 Å². The van der Waals surface area contributed by atoms with Crippen LogP contribution in [0.2, 0.25) is 5.02 Å². The topological polar surface area (TPSA) is 46.2 Å². The highest BCUT2D eigenvalue weighted by Gasteiger charge is 2.15. The van der Waals surface area contributed by atoms with Crippen molar-refractivity contribution in [1.29, 1.82) is 0 Å². The number of aryl methyl sites for hydroxylation is 2. The highest BCUT2D eigenvalue weighted by Crippen LogP contribution is 2.26. The predicted molar refractivity (Wildman–Crippen MR) is 87.8 cm³/mol. The number of rotatable bonds is 4. The average Bonchev–Trinajstić information content (AvgIpc) is 2.37. The predicted octanol–water partition coefficient (Wildman–Crippen LogP) is 3.97. The van der Waals surface area contributed by atoms with E-state index in [1.165, 1.54) is 11.8 Å². The van der Waals surface area contributed by atoms with Gasteiger partial charge in [0.1, 0.15) is 0 Å². The number of anilines is 1. The first-order valence-electron chi connectivity index (χ1n) is 6.57. The average molecular weight is 324 g/mol. The van der Waals surface area contributed by atoms with E-state index in [0.29, 0.717) is 17.1 Å². The normalized spacial score (nSPS) is 11.4. The third kappa shape index (κ3) is 3.77. The Morgan fingerprint density at radius 3 is 2.48 bits per heavy atom. The summed E-state index contributed by atoms with van der Waals surface area (Å²) in [5.74, 6) is 0. The largest absolute Gasteiger partial charge is 0.381 e. The van der Waals surface area contributed by atoms with Crippen molar-refractivity contribution >= 4 is 27.1 Å². The van der Waals surface area contributed by atoms with Gasteiger partial charge in [0, 0.05) is 29.1 Å². The van der Waals surface area contributed by atoms with Crippen LogP contribution in [0.25, 0.3) is 0 Å². The minimum absolute atomic E-state index is 0.271. The van der Waals surface area contributed by atoms with E-state index < -0.39 is 9.84 Å². The monoisotopic (exact) mass is 323 g/mol. The molecule has 5 heteroatoms. The molecule has 3 nitrogen and oxygen atoms in total. The second-order valence-corrected chi connectivity index (χ2v) is 7.55. The maximum Gasteiger partial charge on any atom is 0.175 e. The number of hydrogen-bond donors (Lipinski definition) is 1. The molecule has 0 aliphatic carbocycles. The molecule has 0 radical (unpaired) electrons. The summed E-state index contributed by atoms with van der Waals surface area (Å²) in [4.78, 5) is 0.271. The smallest absolute Gasteiger partial charge is 0.175 e. The first-order valence-corrected chi connectivity index (χ1v) is 8.84. The summed E-state index contributed by atoms with van der Waals surface area (Å²) in [6, 6.07) is 11.0. The minimum Gasteiger partial charge on any atom is -0.381 e. The van der Waals surface area contributed by atoms with E-state index in [2.05, 4.69) is 11.4 Å². The summed E-state index contributed by atoms with van der Waals surface area (Å²) in [7, 11) is -3.30. The van der Waals surface area contributed by atoms with Gasteiger partial charge in [0.05, 0.1) is 4.90 Å². The first-order chi connectivity index (χ1) is 9.79. The summed E-state index contributed by atoms with van der Waals surface area (Å²) in [5.41, 5.74) is 3.87. The standard InChI is InChI=1S/C16H18ClNO2S/c1-11-7-8-15(12(2)9-11)18-10-13-14(17)5-4-6-16(13)21(3,19)20/h4-9,18H,10H2,1-3H3. The Balaban J connectivity index is 2.32. The maximum atomic E-state index is 11.8. The fraction of sp³-hybridized carbons (Fsp3) is 0.250. The second-order valence-electron chi connectivity index (χ2n) is 5.16. The third-order valence-corrected chi connectivity index (χ3v) is 4.85. The lowest BCUT2D eigenvalue weighted by molar-refractivity contribution is 0.601. The Hall–Kier alpha value is -1.52. The van der Waals surface area contributed by atoms with Gasteiger partial charge in [0.25, 0.3) is 0 Å². The van der Waals surface area contributed by atoms with Gasteiger partial charge in [-0.2, -0.15) is 0 Å². The van der Waals surface area contributed by atoms with Crippen LogP contribution in [0.5, 0.6) is 0 Å². The molecular formula is C16H18ClNO2S. The van der Waals surface area contributed by atoms with E-state index >= 15 is 0 Å². The zero-order chi connectivity index (χ0) is 15.6. The van der Waals surface area contributed by atoms with Crippen molar-refractivity contribution in [2.75, 3.05) is 11.6 Å². The van der Waals surface area contributed by atoms with E-state index in [4.69, 9.17) is 11.6 Å². The number of nitrogens with one attached hydrogen (secondary N) is 1. The number of hydrogen-bond acceptors (Lipinski definition) is 3. The molecule has 0 aromatic heterocycles. The van der Waals surface area contributed by atoms with E-state index in [9.17, 15) is 8.42 Å². The van der Waals surface area contributed by atoms with Gasteiger partial charge in [0.15, 0.2) is 9.84 Å². The molecule has 0 saturated carbocycles. The Labute approximate surface area is 130 Å². The summed E-state index contributed by atoms with van der Waals surface area (Å²) in [5, 5.41) is 3.71. The third-order valence-electron chi connectivity index (χ3n) is 3.31. The van der Waals surface area contributed by atoms with Gasteiger partial charge in [-0.1, -0.05) is 35.4 Å². The molecule has 0 spiro atoms. The summed E-state index contributed by atoms with van der Waals surface area (Å²) < 4.78 is 23.7. The number of halogens is 1. The summed E-state index contributed by atoms with van der Waals surface area (Å²) in [6.07, 6.45) is 1.19. The van der Waals surface area contributed by atoms with Crippen molar-refractivity contribution < 1.29 is 8.42 Å². The molecule has 0 amide bonds. The SMILES string of the molecule is Cc1ccc(NCc2c(Cl)cccc2S(C)(=O)=O)c(C)c1. The van der Waals surface area contributed by atoms with Gasteiger partial charge in [-0.05, 0) is 37.6 Å². The van der Waals surface area contributed by atoms with E-state index in [-0.39, 0.29) is 4.90 Å². The maximum absolute atomic E-state index is 11.8. The molecule has 112 valence electrons. The van der Waals surface area contributed by atoms with E-state index in [0.717, 1.165) is 11.3 Å². The van der Waals surface area contributed by atoms with E-state index in [1.54, 1.807) is 18.2 Å². The zero-order valence-electron chi connectivity index (χ0n) is 12.3. The van der Waals surface area contributed by atoms with Crippen LogP contribution in [-0.4, -0.2) is 14.7 Å². The lowest BCUT2D eigenvalue weighted by Crippen LogP contribution is -2.08. The summed E-state index contributed by atoms with van der Waals surface area (Å²) in [6.45, 7) is 4.41. The Morgan fingerprint density at radius 2 is 1.86 bits per heavy atom.